The third-order valence-electron chi connectivity index (χ3n) is 5.09. The molecule has 0 saturated heterocycles. The largest absolute Gasteiger partial charge is 0.325 e. The van der Waals surface area contributed by atoms with Gasteiger partial charge in [-0.15, -0.1) is 11.3 Å². The maximum atomic E-state index is 12.9. The predicted octanol–water partition coefficient (Wildman–Crippen LogP) is 3.81. The second-order valence-corrected chi connectivity index (χ2v) is 9.57. The van der Waals surface area contributed by atoms with Crippen LogP contribution in [0.15, 0.2) is 34.2 Å². The molecule has 3 aromatic rings. The first-order valence-corrected chi connectivity index (χ1v) is 11.1. The molecule has 1 unspecified atom stereocenters. The van der Waals surface area contributed by atoms with Crippen LogP contribution in [0.5, 0.6) is 0 Å². The number of nitrogens with one attached hydrogen (secondary N) is 1. The third-order valence-corrected chi connectivity index (χ3v) is 7.42. The molecule has 0 radical (unpaired) electrons. The quantitative estimate of drug-likeness (QED) is 0.380. The molecule has 8 heteroatoms. The number of fused-ring (bicyclic) bond motifs is 3. The number of ketones is 1. The summed E-state index contributed by atoms with van der Waals surface area (Å²) in [5.74, 6) is -0.266. The molecule has 0 aliphatic heterocycles. The first-order valence-electron chi connectivity index (χ1n) is 9.45. The van der Waals surface area contributed by atoms with Crippen LogP contribution in [0.1, 0.15) is 41.1 Å². The SMILES string of the molecule is CC(=O)c1cccc(NC(=O)C(C)Sc2nc3sc4c(c3c(=O)n2C)CCC4)c1. The highest BCUT2D eigenvalue weighted by molar-refractivity contribution is 8.00. The summed E-state index contributed by atoms with van der Waals surface area (Å²) >= 11 is 2.85. The molecule has 0 saturated carbocycles. The lowest BCUT2D eigenvalue weighted by atomic mass is 10.1. The number of thioether (sulfide) groups is 1. The number of nitrogens with zero attached hydrogens (tertiary/aromatic N) is 2. The van der Waals surface area contributed by atoms with Crippen molar-refractivity contribution in [2.75, 3.05) is 5.32 Å². The Bertz CT molecular complexity index is 1200. The molecule has 1 atom stereocenters. The lowest BCUT2D eigenvalue weighted by Gasteiger charge is -2.14. The van der Waals surface area contributed by atoms with Gasteiger partial charge in [0.05, 0.1) is 10.6 Å². The molecule has 1 aromatic carbocycles. The molecule has 150 valence electrons. The van der Waals surface area contributed by atoms with Crippen molar-refractivity contribution in [3.05, 3.63) is 50.6 Å². The van der Waals surface area contributed by atoms with E-state index in [0.717, 1.165) is 35.0 Å². The highest BCUT2D eigenvalue weighted by Gasteiger charge is 2.24. The molecular weight excluding hydrogens is 406 g/mol. The number of amides is 1. The van der Waals surface area contributed by atoms with Gasteiger partial charge in [-0.05, 0) is 50.8 Å². The molecule has 1 aliphatic rings. The molecule has 2 aromatic heterocycles. The molecule has 1 N–H and O–H groups in total. The van der Waals surface area contributed by atoms with Crippen LogP contribution in [-0.4, -0.2) is 26.5 Å². The van der Waals surface area contributed by atoms with E-state index in [1.807, 2.05) is 0 Å². The minimum Gasteiger partial charge on any atom is -0.325 e. The van der Waals surface area contributed by atoms with Crippen molar-refractivity contribution in [2.24, 2.45) is 7.05 Å². The molecule has 6 nitrogen and oxygen atoms in total. The molecule has 4 rings (SSSR count). The second-order valence-electron chi connectivity index (χ2n) is 7.18. The lowest BCUT2D eigenvalue weighted by Crippen LogP contribution is -2.25. The Labute approximate surface area is 176 Å². The average Bonchev–Trinajstić information content (AvgIpc) is 3.26. The maximum absolute atomic E-state index is 12.9. The number of aromatic nitrogens is 2. The minimum absolute atomic E-state index is 0.0429. The van der Waals surface area contributed by atoms with Crippen LogP contribution in [0, 0.1) is 0 Å². The van der Waals surface area contributed by atoms with Crippen molar-refractivity contribution >= 4 is 50.7 Å². The highest BCUT2D eigenvalue weighted by Crippen LogP contribution is 2.35. The Morgan fingerprint density at radius 3 is 2.86 bits per heavy atom. The summed E-state index contributed by atoms with van der Waals surface area (Å²) in [6.07, 6.45) is 3.05. The first-order chi connectivity index (χ1) is 13.8. The van der Waals surface area contributed by atoms with E-state index in [-0.39, 0.29) is 17.2 Å². The molecule has 1 aliphatic carbocycles. The van der Waals surface area contributed by atoms with Gasteiger partial charge >= 0.3 is 0 Å². The van der Waals surface area contributed by atoms with Crippen molar-refractivity contribution in [1.82, 2.24) is 9.55 Å². The van der Waals surface area contributed by atoms with Crippen molar-refractivity contribution < 1.29 is 9.59 Å². The van der Waals surface area contributed by atoms with Crippen LogP contribution in [-0.2, 0) is 24.7 Å². The molecule has 29 heavy (non-hydrogen) atoms. The summed E-state index contributed by atoms with van der Waals surface area (Å²) < 4.78 is 1.54. The van der Waals surface area contributed by atoms with Gasteiger partial charge in [-0.25, -0.2) is 4.98 Å². The van der Waals surface area contributed by atoms with Gasteiger partial charge in [0, 0.05) is 23.2 Å². The standard InChI is InChI=1S/C21H21N3O3S2/c1-11(25)13-6-4-7-14(10-13)22-18(26)12(2)28-21-23-19-17(20(27)24(21)3)15-8-5-9-16(15)29-19/h4,6-7,10,12H,5,8-9H2,1-3H3,(H,22,26). The number of Topliss-reactive ketones (excluding diaryl/α,β-unsaturated/α-hetero) is 1. The Balaban J connectivity index is 1.56. The van der Waals surface area contributed by atoms with Crippen LogP contribution in [0.3, 0.4) is 0 Å². The predicted molar refractivity (Wildman–Crippen MR) is 117 cm³/mol. The van der Waals surface area contributed by atoms with E-state index in [2.05, 4.69) is 10.3 Å². The summed E-state index contributed by atoms with van der Waals surface area (Å²) in [5, 5.41) is 3.65. The Morgan fingerprint density at radius 1 is 1.31 bits per heavy atom. The summed E-state index contributed by atoms with van der Waals surface area (Å²) in [6.45, 7) is 3.27. The van der Waals surface area contributed by atoms with E-state index in [1.165, 1.54) is 23.6 Å². The Kier molecular flexibility index (Phi) is 5.31. The monoisotopic (exact) mass is 427 g/mol. The fraction of sp³-hybridized carbons (Fsp3) is 0.333. The fourth-order valence-corrected chi connectivity index (χ4v) is 5.66. The normalized spacial score (nSPS) is 14.0. The smallest absolute Gasteiger partial charge is 0.262 e. The fourth-order valence-electron chi connectivity index (χ4n) is 3.48. The Morgan fingerprint density at radius 2 is 2.10 bits per heavy atom. The molecule has 0 fully saturated rings. The minimum atomic E-state index is -0.460. The summed E-state index contributed by atoms with van der Waals surface area (Å²) in [6, 6.07) is 6.85. The van der Waals surface area contributed by atoms with Gasteiger partial charge in [-0.3, -0.25) is 19.0 Å². The molecule has 1 amide bonds. The van der Waals surface area contributed by atoms with Crippen molar-refractivity contribution in [3.63, 3.8) is 0 Å². The summed E-state index contributed by atoms with van der Waals surface area (Å²) in [7, 11) is 1.71. The van der Waals surface area contributed by atoms with Crippen molar-refractivity contribution in [2.45, 2.75) is 43.5 Å². The van der Waals surface area contributed by atoms with Gasteiger partial charge in [-0.2, -0.15) is 0 Å². The number of thiophene rings is 1. The number of hydrogen-bond donors (Lipinski definition) is 1. The van der Waals surface area contributed by atoms with E-state index in [4.69, 9.17) is 0 Å². The zero-order chi connectivity index (χ0) is 20.7. The average molecular weight is 428 g/mol. The zero-order valence-corrected chi connectivity index (χ0v) is 18.1. The van der Waals surface area contributed by atoms with Gasteiger partial charge in [-0.1, -0.05) is 23.9 Å². The van der Waals surface area contributed by atoms with Gasteiger partial charge < -0.3 is 5.32 Å². The summed E-state index contributed by atoms with van der Waals surface area (Å²) in [4.78, 5) is 43.8. The number of carbonyl (C=O) groups is 2. The van der Waals surface area contributed by atoms with E-state index in [9.17, 15) is 14.4 Å². The zero-order valence-electron chi connectivity index (χ0n) is 16.4. The molecular formula is C21H21N3O3S2. The van der Waals surface area contributed by atoms with E-state index >= 15 is 0 Å². The van der Waals surface area contributed by atoms with Crippen molar-refractivity contribution in [3.8, 4) is 0 Å². The third kappa shape index (κ3) is 3.74. The number of benzene rings is 1. The summed E-state index contributed by atoms with van der Waals surface area (Å²) in [5.41, 5.74) is 2.23. The Hall–Kier alpha value is -2.45. The van der Waals surface area contributed by atoms with Gasteiger partial charge in [0.2, 0.25) is 5.91 Å². The van der Waals surface area contributed by atoms with Gasteiger partial charge in [0.25, 0.3) is 5.56 Å². The van der Waals surface area contributed by atoms with Gasteiger partial charge in [0.15, 0.2) is 10.9 Å². The van der Waals surface area contributed by atoms with Crippen LogP contribution >= 0.6 is 23.1 Å². The maximum Gasteiger partial charge on any atom is 0.262 e. The molecule has 0 spiro atoms. The van der Waals surface area contributed by atoms with Crippen LogP contribution in [0.25, 0.3) is 10.2 Å². The first kappa shape index (κ1) is 19.8. The van der Waals surface area contributed by atoms with Gasteiger partial charge in [0.1, 0.15) is 4.83 Å². The molecule has 0 bridgehead atoms. The van der Waals surface area contributed by atoms with Crippen LogP contribution in [0.2, 0.25) is 0 Å². The topological polar surface area (TPSA) is 81.1 Å². The highest BCUT2D eigenvalue weighted by atomic mass is 32.2. The number of carbonyl (C=O) groups excluding carboxylic acids is 2. The van der Waals surface area contributed by atoms with E-state index < -0.39 is 5.25 Å². The number of rotatable bonds is 5. The molecule has 2 heterocycles. The van der Waals surface area contributed by atoms with Crippen LogP contribution < -0.4 is 10.9 Å². The van der Waals surface area contributed by atoms with Crippen LogP contribution in [0.4, 0.5) is 5.69 Å². The number of anilines is 1. The second kappa shape index (κ2) is 7.76. The lowest BCUT2D eigenvalue weighted by molar-refractivity contribution is -0.115. The van der Waals surface area contributed by atoms with Crippen molar-refractivity contribution in [1.29, 1.82) is 0 Å². The number of hydrogen-bond acceptors (Lipinski definition) is 6. The number of aryl methyl sites for hydroxylation is 2. The van der Waals surface area contributed by atoms with E-state index in [0.29, 0.717) is 16.4 Å². The van der Waals surface area contributed by atoms with E-state index in [1.54, 1.807) is 54.1 Å².